The monoisotopic (exact) mass is 279 g/mol. The van der Waals surface area contributed by atoms with Crippen molar-refractivity contribution in [2.75, 3.05) is 7.11 Å². The molecular formula is C15H21NO4. The lowest BCUT2D eigenvalue weighted by atomic mass is 10.0. The Balaban J connectivity index is 2.63. The molecule has 0 radical (unpaired) electrons. The van der Waals surface area contributed by atoms with Gasteiger partial charge in [-0.25, -0.2) is 4.79 Å². The normalized spacial score (nSPS) is 12.0. The van der Waals surface area contributed by atoms with Crippen LogP contribution in [0.4, 0.5) is 0 Å². The van der Waals surface area contributed by atoms with Gasteiger partial charge in [-0.2, -0.15) is 0 Å². The summed E-state index contributed by atoms with van der Waals surface area (Å²) >= 11 is 0. The van der Waals surface area contributed by atoms with Gasteiger partial charge in [0.2, 0.25) is 5.91 Å². The van der Waals surface area contributed by atoms with Crippen LogP contribution in [-0.2, 0) is 16.0 Å². The molecule has 1 aromatic rings. The largest absolute Gasteiger partial charge is 0.497 e. The van der Waals surface area contributed by atoms with E-state index < -0.39 is 12.0 Å². The summed E-state index contributed by atoms with van der Waals surface area (Å²) in [5, 5.41) is 11.6. The molecule has 0 spiro atoms. The van der Waals surface area contributed by atoms with E-state index in [-0.39, 0.29) is 18.2 Å². The van der Waals surface area contributed by atoms with Crippen LogP contribution in [0.1, 0.15) is 25.8 Å². The Labute approximate surface area is 118 Å². The Morgan fingerprint density at radius 3 is 2.60 bits per heavy atom. The zero-order chi connectivity index (χ0) is 15.1. The average Bonchev–Trinajstić information content (AvgIpc) is 2.37. The van der Waals surface area contributed by atoms with Gasteiger partial charge in [0, 0.05) is 0 Å². The zero-order valence-corrected chi connectivity index (χ0v) is 12.1. The molecule has 1 amide bonds. The van der Waals surface area contributed by atoms with Gasteiger partial charge in [-0.1, -0.05) is 26.0 Å². The number of hydrogen-bond donors (Lipinski definition) is 2. The number of carbonyl (C=O) groups excluding carboxylic acids is 1. The maximum Gasteiger partial charge on any atom is 0.326 e. The SMILES string of the molecule is COc1cccc(CC(=O)N[C@H](CC(C)C)C(=O)O)c1. The Hall–Kier alpha value is -2.04. The first kappa shape index (κ1) is 16.0. The number of carbonyl (C=O) groups is 2. The molecule has 5 nitrogen and oxygen atoms in total. The summed E-state index contributed by atoms with van der Waals surface area (Å²) in [6.07, 6.45) is 0.554. The van der Waals surface area contributed by atoms with Gasteiger partial charge in [-0.3, -0.25) is 4.79 Å². The van der Waals surface area contributed by atoms with E-state index in [1.165, 1.54) is 0 Å². The van der Waals surface area contributed by atoms with Crippen LogP contribution < -0.4 is 10.1 Å². The predicted octanol–water partition coefficient (Wildman–Crippen LogP) is 1.85. The van der Waals surface area contributed by atoms with Crippen LogP contribution in [0.3, 0.4) is 0 Å². The summed E-state index contributed by atoms with van der Waals surface area (Å²) in [5.74, 6) is -0.426. The van der Waals surface area contributed by atoms with Crippen LogP contribution in [0, 0.1) is 5.92 Å². The summed E-state index contributed by atoms with van der Waals surface area (Å²) in [7, 11) is 1.56. The highest BCUT2D eigenvalue weighted by Crippen LogP contribution is 2.13. The molecule has 0 saturated carbocycles. The lowest BCUT2D eigenvalue weighted by Gasteiger charge is -2.16. The third-order valence-electron chi connectivity index (χ3n) is 2.84. The minimum atomic E-state index is -1.00. The fourth-order valence-electron chi connectivity index (χ4n) is 1.91. The van der Waals surface area contributed by atoms with E-state index in [1.54, 1.807) is 31.4 Å². The van der Waals surface area contributed by atoms with Gasteiger partial charge in [0.1, 0.15) is 11.8 Å². The molecule has 110 valence electrons. The molecule has 2 N–H and O–H groups in total. The van der Waals surface area contributed by atoms with Crippen molar-refractivity contribution in [3.63, 3.8) is 0 Å². The van der Waals surface area contributed by atoms with Crippen LogP contribution in [0.5, 0.6) is 5.75 Å². The van der Waals surface area contributed by atoms with Gasteiger partial charge in [-0.15, -0.1) is 0 Å². The van der Waals surface area contributed by atoms with Gasteiger partial charge >= 0.3 is 5.97 Å². The molecule has 0 aliphatic carbocycles. The van der Waals surface area contributed by atoms with Gasteiger partial charge < -0.3 is 15.2 Å². The number of aliphatic carboxylic acids is 1. The molecule has 20 heavy (non-hydrogen) atoms. The Morgan fingerprint density at radius 1 is 1.35 bits per heavy atom. The Kier molecular flexibility index (Phi) is 6.03. The number of carboxylic acid groups (broad SMARTS) is 1. The van der Waals surface area contributed by atoms with E-state index in [1.807, 2.05) is 13.8 Å². The highest BCUT2D eigenvalue weighted by molar-refractivity contribution is 5.84. The molecule has 1 aromatic carbocycles. The number of carboxylic acids is 1. The minimum Gasteiger partial charge on any atom is -0.497 e. The van der Waals surface area contributed by atoms with Crippen molar-refractivity contribution in [2.24, 2.45) is 5.92 Å². The maximum atomic E-state index is 11.9. The third-order valence-corrected chi connectivity index (χ3v) is 2.84. The molecule has 0 bridgehead atoms. The summed E-state index contributed by atoms with van der Waals surface area (Å²) in [4.78, 5) is 23.0. The highest BCUT2D eigenvalue weighted by atomic mass is 16.5. The Bertz CT molecular complexity index is 471. The molecule has 1 rings (SSSR count). The van der Waals surface area contributed by atoms with Gasteiger partial charge in [0.15, 0.2) is 0 Å². The molecule has 0 aliphatic rings. The van der Waals surface area contributed by atoms with Crippen molar-refractivity contribution in [1.82, 2.24) is 5.32 Å². The number of hydrogen-bond acceptors (Lipinski definition) is 3. The molecular weight excluding hydrogens is 258 g/mol. The fourth-order valence-corrected chi connectivity index (χ4v) is 1.91. The Morgan fingerprint density at radius 2 is 2.05 bits per heavy atom. The smallest absolute Gasteiger partial charge is 0.326 e. The number of amides is 1. The van der Waals surface area contributed by atoms with Crippen molar-refractivity contribution in [2.45, 2.75) is 32.7 Å². The molecule has 0 fully saturated rings. The summed E-state index contributed by atoms with van der Waals surface area (Å²) in [6, 6.07) is 6.32. The molecule has 0 saturated heterocycles. The highest BCUT2D eigenvalue weighted by Gasteiger charge is 2.21. The predicted molar refractivity (Wildman–Crippen MR) is 75.7 cm³/mol. The van der Waals surface area contributed by atoms with Crippen molar-refractivity contribution in [1.29, 1.82) is 0 Å². The van der Waals surface area contributed by atoms with E-state index >= 15 is 0 Å². The zero-order valence-electron chi connectivity index (χ0n) is 12.1. The summed E-state index contributed by atoms with van der Waals surface area (Å²) in [6.45, 7) is 3.84. The van der Waals surface area contributed by atoms with E-state index in [0.717, 1.165) is 5.56 Å². The first-order valence-electron chi connectivity index (χ1n) is 6.57. The average molecular weight is 279 g/mol. The third kappa shape index (κ3) is 5.30. The first-order chi connectivity index (χ1) is 9.42. The maximum absolute atomic E-state index is 11.9. The lowest BCUT2D eigenvalue weighted by Crippen LogP contribution is -2.42. The minimum absolute atomic E-state index is 0.138. The second-order valence-electron chi connectivity index (χ2n) is 5.12. The molecule has 0 aliphatic heterocycles. The van der Waals surface area contributed by atoms with E-state index in [9.17, 15) is 9.59 Å². The molecule has 1 atom stereocenters. The standard InChI is InChI=1S/C15H21NO4/c1-10(2)7-13(15(18)19)16-14(17)9-11-5-4-6-12(8-11)20-3/h4-6,8,10,13H,7,9H2,1-3H3,(H,16,17)(H,18,19)/t13-/m1/s1. The lowest BCUT2D eigenvalue weighted by molar-refractivity contribution is -0.142. The molecule has 0 unspecified atom stereocenters. The van der Waals surface area contributed by atoms with Gasteiger partial charge in [0.25, 0.3) is 0 Å². The van der Waals surface area contributed by atoms with Crippen LogP contribution in [0.2, 0.25) is 0 Å². The van der Waals surface area contributed by atoms with E-state index in [2.05, 4.69) is 5.32 Å². The summed E-state index contributed by atoms with van der Waals surface area (Å²) in [5.41, 5.74) is 0.788. The number of benzene rings is 1. The molecule has 0 aromatic heterocycles. The number of rotatable bonds is 7. The number of nitrogens with one attached hydrogen (secondary N) is 1. The fraction of sp³-hybridized carbons (Fsp3) is 0.467. The van der Waals surface area contributed by atoms with Crippen LogP contribution in [0.25, 0.3) is 0 Å². The quantitative estimate of drug-likeness (QED) is 0.798. The van der Waals surface area contributed by atoms with Crippen LogP contribution >= 0.6 is 0 Å². The van der Waals surface area contributed by atoms with Gasteiger partial charge in [0.05, 0.1) is 13.5 Å². The topological polar surface area (TPSA) is 75.6 Å². The van der Waals surface area contributed by atoms with Crippen molar-refractivity contribution in [3.8, 4) is 5.75 Å². The molecule has 5 heteroatoms. The van der Waals surface area contributed by atoms with Crippen molar-refractivity contribution < 1.29 is 19.4 Å². The van der Waals surface area contributed by atoms with Crippen LogP contribution in [-0.4, -0.2) is 30.1 Å². The first-order valence-corrected chi connectivity index (χ1v) is 6.57. The molecule has 0 heterocycles. The second kappa shape index (κ2) is 7.53. The van der Waals surface area contributed by atoms with E-state index in [0.29, 0.717) is 12.2 Å². The van der Waals surface area contributed by atoms with Crippen molar-refractivity contribution in [3.05, 3.63) is 29.8 Å². The summed E-state index contributed by atoms with van der Waals surface area (Å²) < 4.78 is 5.08. The van der Waals surface area contributed by atoms with Crippen molar-refractivity contribution >= 4 is 11.9 Å². The second-order valence-corrected chi connectivity index (χ2v) is 5.12. The van der Waals surface area contributed by atoms with E-state index in [4.69, 9.17) is 9.84 Å². The van der Waals surface area contributed by atoms with Gasteiger partial charge in [-0.05, 0) is 30.0 Å². The number of methoxy groups -OCH3 is 1. The number of ether oxygens (including phenoxy) is 1. The van der Waals surface area contributed by atoms with Crippen LogP contribution in [0.15, 0.2) is 24.3 Å².